The molecule has 0 radical (unpaired) electrons. The number of aliphatic hydroxyl groups is 4. The summed E-state index contributed by atoms with van der Waals surface area (Å²) in [5, 5.41) is 43.1. The number of fused-ring (bicyclic) bond motifs is 4. The number of carbonyl (C=O) groups is 2. The maximum absolute atomic E-state index is 14.1. The molecule has 10 heteroatoms. The molecule has 8 nitrogen and oxygen atoms in total. The molecule has 4 saturated heterocycles. The van der Waals surface area contributed by atoms with Gasteiger partial charge in [-0.05, 0) is 25.5 Å². The molecule has 0 aromatic carbocycles. The first-order valence-electron chi connectivity index (χ1n) is 10.1. The summed E-state index contributed by atoms with van der Waals surface area (Å²) in [5.74, 6) is -0.967. The van der Waals surface area contributed by atoms with E-state index in [1.807, 2.05) is 0 Å². The number of carbonyl (C=O) groups excluding carboxylic acids is 2. The van der Waals surface area contributed by atoms with Gasteiger partial charge in [0.1, 0.15) is 5.60 Å². The molecular weight excluding hydrogens is 416 g/mol. The van der Waals surface area contributed by atoms with E-state index in [1.165, 1.54) is 28.4 Å². The van der Waals surface area contributed by atoms with E-state index < -0.39 is 45.7 Å². The number of piperazine rings is 1. The lowest BCUT2D eigenvalue weighted by Crippen LogP contribution is -2.77. The summed E-state index contributed by atoms with van der Waals surface area (Å²) in [6.45, 7) is 0. The van der Waals surface area contributed by atoms with E-state index in [-0.39, 0.29) is 35.8 Å². The van der Waals surface area contributed by atoms with Crippen LogP contribution in [0.25, 0.3) is 0 Å². The lowest BCUT2D eigenvalue weighted by molar-refractivity contribution is -0.172. The molecule has 5 fully saturated rings. The van der Waals surface area contributed by atoms with Crippen molar-refractivity contribution >= 4 is 35.3 Å². The highest BCUT2D eigenvalue weighted by Gasteiger charge is 2.82. The molecule has 29 heavy (non-hydrogen) atoms. The van der Waals surface area contributed by atoms with Crippen molar-refractivity contribution in [3.05, 3.63) is 12.2 Å². The lowest BCUT2D eigenvalue weighted by Gasteiger charge is -2.57. The molecule has 0 aromatic heterocycles. The fourth-order valence-corrected chi connectivity index (χ4v) is 9.72. The van der Waals surface area contributed by atoms with Gasteiger partial charge >= 0.3 is 0 Å². The number of rotatable bonds is 1. The molecule has 0 aromatic rings. The second-order valence-electron chi connectivity index (χ2n) is 9.22. The van der Waals surface area contributed by atoms with Gasteiger partial charge in [0.2, 0.25) is 0 Å². The first kappa shape index (κ1) is 18.9. The van der Waals surface area contributed by atoms with Gasteiger partial charge in [0, 0.05) is 12.3 Å². The first-order valence-corrected chi connectivity index (χ1v) is 12.2. The zero-order valence-corrected chi connectivity index (χ0v) is 17.5. The Kier molecular flexibility index (Phi) is 3.61. The molecule has 6 aliphatic rings. The predicted molar refractivity (Wildman–Crippen MR) is 106 cm³/mol. The Hall–Kier alpha value is -0.780. The molecular formula is C19H24N2O6S2. The Morgan fingerprint density at radius 2 is 1.83 bits per heavy atom. The molecule has 158 valence electrons. The molecule has 6 rings (SSSR count). The number of aliphatic hydroxyl groups excluding tert-OH is 3. The minimum absolute atomic E-state index is 0.0724. The van der Waals surface area contributed by atoms with Crippen molar-refractivity contribution in [2.45, 2.75) is 76.7 Å². The quantitative estimate of drug-likeness (QED) is 0.378. The van der Waals surface area contributed by atoms with Gasteiger partial charge in [0.05, 0.1) is 35.6 Å². The zero-order valence-electron chi connectivity index (χ0n) is 15.8. The summed E-state index contributed by atoms with van der Waals surface area (Å²) in [6.07, 6.45) is 3.75. The topological polar surface area (TPSA) is 122 Å². The standard InChI is InChI=1S/C19H24N2O6S2/c1-28-18-6-8-9(22)2-3-10(23)13(8)20(18)16(26)19-7-17(27)12(29-19)5-4-11(24)14(17)21(19)15(18)25/h4-5,8-14,22-24,27H,2-3,6-7H2,1H3/t8-,9-,10-,11-,12-,13-,14+,17+,18+,19+/m0/s1. The molecule has 2 bridgehead atoms. The minimum atomic E-state index is -1.35. The van der Waals surface area contributed by atoms with Crippen LogP contribution >= 0.6 is 23.5 Å². The van der Waals surface area contributed by atoms with E-state index in [2.05, 4.69) is 0 Å². The first-order chi connectivity index (χ1) is 13.7. The van der Waals surface area contributed by atoms with Crippen LogP contribution in [-0.4, -0.2) is 99.3 Å². The van der Waals surface area contributed by atoms with Gasteiger partial charge < -0.3 is 30.2 Å². The summed E-state index contributed by atoms with van der Waals surface area (Å²) in [6, 6.07) is -1.48. The predicted octanol–water partition coefficient (Wildman–Crippen LogP) is -1.13. The van der Waals surface area contributed by atoms with Crippen molar-refractivity contribution < 1.29 is 30.0 Å². The van der Waals surface area contributed by atoms with Gasteiger partial charge in [-0.25, -0.2) is 0 Å². The average molecular weight is 441 g/mol. The van der Waals surface area contributed by atoms with Crippen molar-refractivity contribution in [1.82, 2.24) is 9.80 Å². The Morgan fingerprint density at radius 1 is 1.10 bits per heavy atom. The number of hydrogen-bond donors (Lipinski definition) is 4. The molecule has 2 aliphatic carbocycles. The Morgan fingerprint density at radius 3 is 2.55 bits per heavy atom. The summed E-state index contributed by atoms with van der Waals surface area (Å²) >= 11 is 2.52. The number of amides is 2. The molecule has 1 saturated carbocycles. The van der Waals surface area contributed by atoms with Gasteiger partial charge in [-0.15, -0.1) is 23.5 Å². The minimum Gasteiger partial charge on any atom is -0.393 e. The highest BCUT2D eigenvalue weighted by Crippen LogP contribution is 2.68. The van der Waals surface area contributed by atoms with Crippen molar-refractivity contribution in [1.29, 1.82) is 0 Å². The second-order valence-corrected chi connectivity index (χ2v) is 11.7. The van der Waals surface area contributed by atoms with Gasteiger partial charge in [0.25, 0.3) is 11.8 Å². The van der Waals surface area contributed by atoms with Crippen LogP contribution in [0.3, 0.4) is 0 Å². The Labute approximate surface area is 176 Å². The van der Waals surface area contributed by atoms with Gasteiger partial charge in [-0.2, -0.15) is 0 Å². The van der Waals surface area contributed by atoms with Gasteiger partial charge in [-0.3, -0.25) is 9.59 Å². The molecule has 4 N–H and O–H groups in total. The van der Waals surface area contributed by atoms with Crippen molar-refractivity contribution in [2.75, 3.05) is 6.26 Å². The third-order valence-electron chi connectivity index (χ3n) is 8.05. The largest absolute Gasteiger partial charge is 0.393 e. The zero-order chi connectivity index (χ0) is 20.5. The van der Waals surface area contributed by atoms with Crippen LogP contribution in [0, 0.1) is 5.92 Å². The molecule has 0 unspecified atom stereocenters. The number of nitrogens with zero attached hydrogens (tertiary/aromatic N) is 2. The number of thioether (sulfide) groups is 2. The van der Waals surface area contributed by atoms with E-state index in [0.29, 0.717) is 12.8 Å². The van der Waals surface area contributed by atoms with Crippen molar-refractivity contribution in [3.8, 4) is 0 Å². The van der Waals surface area contributed by atoms with Crippen LogP contribution in [0.15, 0.2) is 12.2 Å². The SMILES string of the molecule is CS[C@@]12C[C@@H]3[C@@H]([C@@H](O)CC[C@@H]3O)N1C(=O)[C@]13C[C@@]4(O)[C@H](C=C[C@H](O)[C@H]4N1C2=O)S3. The van der Waals surface area contributed by atoms with E-state index in [0.717, 1.165) is 0 Å². The molecule has 10 atom stereocenters. The van der Waals surface area contributed by atoms with Crippen LogP contribution in [0.5, 0.6) is 0 Å². The summed E-state index contributed by atoms with van der Waals surface area (Å²) in [7, 11) is 0. The molecule has 1 spiro atoms. The van der Waals surface area contributed by atoms with E-state index in [9.17, 15) is 30.0 Å². The summed E-state index contributed by atoms with van der Waals surface area (Å²) in [5.41, 5.74) is -1.35. The fourth-order valence-electron chi connectivity index (χ4n) is 6.85. The summed E-state index contributed by atoms with van der Waals surface area (Å²) < 4.78 is 0. The molecule has 4 heterocycles. The van der Waals surface area contributed by atoms with E-state index in [1.54, 1.807) is 23.3 Å². The molecule has 2 amide bonds. The number of hydrogen-bond acceptors (Lipinski definition) is 8. The third-order valence-corrected chi connectivity index (χ3v) is 11.0. The fraction of sp³-hybridized carbons (Fsp3) is 0.789. The van der Waals surface area contributed by atoms with Gasteiger partial charge in [-0.1, -0.05) is 12.2 Å². The highest BCUT2D eigenvalue weighted by molar-refractivity contribution is 8.02. The smallest absolute Gasteiger partial charge is 0.261 e. The lowest BCUT2D eigenvalue weighted by atomic mass is 9.80. The monoisotopic (exact) mass is 440 g/mol. The third kappa shape index (κ3) is 1.87. The maximum atomic E-state index is 14.1. The highest BCUT2D eigenvalue weighted by atomic mass is 32.2. The van der Waals surface area contributed by atoms with Crippen LogP contribution in [0.1, 0.15) is 25.7 Å². The van der Waals surface area contributed by atoms with Crippen LogP contribution in [0.4, 0.5) is 0 Å². The van der Waals surface area contributed by atoms with Crippen LogP contribution < -0.4 is 0 Å². The van der Waals surface area contributed by atoms with Crippen LogP contribution in [0.2, 0.25) is 0 Å². The van der Waals surface area contributed by atoms with Crippen LogP contribution in [-0.2, 0) is 9.59 Å². The normalized spacial score (nSPS) is 57.2. The van der Waals surface area contributed by atoms with Crippen molar-refractivity contribution in [2.24, 2.45) is 5.92 Å². The van der Waals surface area contributed by atoms with E-state index >= 15 is 0 Å². The maximum Gasteiger partial charge on any atom is 0.261 e. The second kappa shape index (κ2) is 5.52. The van der Waals surface area contributed by atoms with Crippen molar-refractivity contribution in [3.63, 3.8) is 0 Å². The molecule has 4 aliphatic heterocycles. The van der Waals surface area contributed by atoms with Gasteiger partial charge in [0.15, 0.2) is 9.74 Å². The Balaban J connectivity index is 1.54. The van der Waals surface area contributed by atoms with E-state index in [4.69, 9.17) is 0 Å². The Bertz CT molecular complexity index is 857. The summed E-state index contributed by atoms with van der Waals surface area (Å²) in [4.78, 5) is 28.5. The average Bonchev–Trinajstić information content (AvgIpc) is 3.29.